The van der Waals surface area contributed by atoms with Crippen molar-refractivity contribution in [1.29, 1.82) is 5.26 Å². The number of pyridine rings is 1. The summed E-state index contributed by atoms with van der Waals surface area (Å²) in [6.07, 6.45) is 6.00. The van der Waals surface area contributed by atoms with Crippen LogP contribution >= 0.6 is 0 Å². The SMILES string of the molecule is CN(C)C1CCN(CC(=O)N2CC3C(C2)C3(C#N)c2ccc(-c3ccc(N4C[C@H](Cn5ccnn5)OC4=O)cc3F)cn2)CC1. The second-order valence-corrected chi connectivity index (χ2v) is 12.8. The predicted molar refractivity (Wildman–Crippen MR) is 161 cm³/mol. The van der Waals surface area contributed by atoms with Gasteiger partial charge in [-0.25, -0.2) is 13.9 Å². The number of carbonyl (C=O) groups excluding carboxylic acids is 2. The van der Waals surface area contributed by atoms with Crippen molar-refractivity contribution in [2.75, 3.05) is 58.3 Å². The molecule has 3 atom stereocenters. The lowest BCUT2D eigenvalue weighted by molar-refractivity contribution is -0.132. The average molecular weight is 614 g/mol. The number of piperidine rings is 2. The molecule has 1 aliphatic carbocycles. The molecule has 0 radical (unpaired) electrons. The van der Waals surface area contributed by atoms with Gasteiger partial charge in [-0.1, -0.05) is 11.3 Å². The van der Waals surface area contributed by atoms with Crippen molar-refractivity contribution >= 4 is 17.7 Å². The van der Waals surface area contributed by atoms with Crippen molar-refractivity contribution in [2.45, 2.75) is 36.9 Å². The smallest absolute Gasteiger partial charge is 0.414 e. The van der Waals surface area contributed by atoms with E-state index in [1.165, 1.54) is 11.0 Å². The topological polar surface area (TPSA) is 124 Å². The highest BCUT2D eigenvalue weighted by Crippen LogP contribution is 2.62. The maximum atomic E-state index is 15.3. The minimum Gasteiger partial charge on any atom is -0.442 e. The monoisotopic (exact) mass is 613 g/mol. The zero-order chi connectivity index (χ0) is 31.3. The minimum absolute atomic E-state index is 0.0499. The van der Waals surface area contributed by atoms with Gasteiger partial charge in [0.05, 0.1) is 43.3 Å². The molecule has 2 amide bonds. The number of hydrogen-bond acceptors (Lipinski definition) is 9. The third-order valence-electron chi connectivity index (χ3n) is 10.1. The van der Waals surface area contributed by atoms with Crippen LogP contribution in [0.5, 0.6) is 0 Å². The number of benzene rings is 1. The van der Waals surface area contributed by atoms with Gasteiger partial charge in [0.1, 0.15) is 17.3 Å². The fourth-order valence-electron chi connectivity index (χ4n) is 7.39. The van der Waals surface area contributed by atoms with Gasteiger partial charge in [0.15, 0.2) is 0 Å². The predicted octanol–water partition coefficient (Wildman–Crippen LogP) is 2.38. The molecule has 4 fully saturated rings. The Bertz CT molecular complexity index is 1600. The van der Waals surface area contributed by atoms with Crippen molar-refractivity contribution in [3.63, 3.8) is 0 Å². The van der Waals surface area contributed by atoms with Crippen LogP contribution in [0.25, 0.3) is 11.1 Å². The molecule has 2 aromatic heterocycles. The molecule has 0 bridgehead atoms. The summed E-state index contributed by atoms with van der Waals surface area (Å²) in [6.45, 7) is 4.02. The van der Waals surface area contributed by atoms with Crippen molar-refractivity contribution in [2.24, 2.45) is 11.8 Å². The number of amides is 2. The van der Waals surface area contributed by atoms with Crippen molar-refractivity contribution in [3.05, 3.63) is 60.4 Å². The molecule has 3 saturated heterocycles. The van der Waals surface area contributed by atoms with Gasteiger partial charge in [-0.2, -0.15) is 5.26 Å². The number of hydrogen-bond donors (Lipinski definition) is 0. The summed E-state index contributed by atoms with van der Waals surface area (Å²) in [5.74, 6) is -0.261. The van der Waals surface area contributed by atoms with Crippen LogP contribution in [0.15, 0.2) is 48.9 Å². The number of nitriles is 1. The van der Waals surface area contributed by atoms with Crippen LogP contribution in [0.1, 0.15) is 18.5 Å². The van der Waals surface area contributed by atoms with Crippen LogP contribution < -0.4 is 4.90 Å². The van der Waals surface area contributed by atoms with Gasteiger partial charge in [-0.15, -0.1) is 5.10 Å². The maximum Gasteiger partial charge on any atom is 0.414 e. The zero-order valence-corrected chi connectivity index (χ0v) is 25.4. The van der Waals surface area contributed by atoms with E-state index in [0.29, 0.717) is 54.7 Å². The molecule has 0 N–H and O–H groups in total. The van der Waals surface area contributed by atoms with E-state index in [4.69, 9.17) is 4.74 Å². The van der Waals surface area contributed by atoms with E-state index in [2.05, 4.69) is 45.3 Å². The second-order valence-electron chi connectivity index (χ2n) is 12.8. The molecule has 4 aliphatic rings. The number of nitrogens with zero attached hydrogens (tertiary/aromatic N) is 9. The lowest BCUT2D eigenvalue weighted by Gasteiger charge is -2.35. The molecule has 234 valence electrons. The van der Waals surface area contributed by atoms with Gasteiger partial charge in [0.25, 0.3) is 0 Å². The van der Waals surface area contributed by atoms with Gasteiger partial charge < -0.3 is 14.5 Å². The molecule has 1 aromatic carbocycles. The highest BCUT2D eigenvalue weighted by atomic mass is 19.1. The molecule has 3 aromatic rings. The Morgan fingerprint density at radius 3 is 2.56 bits per heavy atom. The standard InChI is InChI=1S/C32H36FN9O3/c1-38(2)22-7-10-39(11-8-22)19-30(43)40-17-26-27(18-40)32(26,20-34)29-6-3-21(14-35-29)25-5-4-23(13-28(25)33)42-16-24(45-31(42)44)15-41-12-9-36-37-41/h3-6,9,12-14,22,24,26-27H,7-8,10-11,15-19H2,1-2H3/t24-,26?,27?,32?/m0/s1. The molecular weight excluding hydrogens is 577 g/mol. The molecule has 2 unspecified atom stereocenters. The van der Waals surface area contributed by atoms with E-state index in [-0.39, 0.29) is 24.3 Å². The first kappa shape index (κ1) is 29.3. The second kappa shape index (κ2) is 11.5. The van der Waals surface area contributed by atoms with Crippen LogP contribution in [0.3, 0.4) is 0 Å². The summed E-state index contributed by atoms with van der Waals surface area (Å²) in [5, 5.41) is 17.9. The molecule has 12 nitrogen and oxygen atoms in total. The van der Waals surface area contributed by atoms with Crippen LogP contribution in [0.4, 0.5) is 14.9 Å². The lowest BCUT2D eigenvalue weighted by Crippen LogP contribution is -2.47. The van der Waals surface area contributed by atoms with Crippen LogP contribution in [-0.2, 0) is 21.5 Å². The van der Waals surface area contributed by atoms with E-state index in [1.807, 2.05) is 4.90 Å². The summed E-state index contributed by atoms with van der Waals surface area (Å²) < 4.78 is 22.3. The molecular formula is C32H36FN9O3. The lowest BCUT2D eigenvalue weighted by atomic mass is 9.95. The Kier molecular flexibility index (Phi) is 7.49. The summed E-state index contributed by atoms with van der Waals surface area (Å²) >= 11 is 0. The third kappa shape index (κ3) is 5.32. The number of ether oxygens (including phenoxy) is 1. The average Bonchev–Trinajstić information content (AvgIpc) is 3.54. The third-order valence-corrected chi connectivity index (χ3v) is 10.1. The summed E-state index contributed by atoms with van der Waals surface area (Å²) in [4.78, 5) is 38.0. The summed E-state index contributed by atoms with van der Waals surface area (Å²) in [7, 11) is 4.21. The Morgan fingerprint density at radius 2 is 1.93 bits per heavy atom. The van der Waals surface area contributed by atoms with Gasteiger partial charge in [0.2, 0.25) is 5.91 Å². The molecule has 5 heterocycles. The number of cyclic esters (lactones) is 1. The van der Waals surface area contributed by atoms with Crippen molar-refractivity contribution in [1.82, 2.24) is 34.7 Å². The normalized spacial score (nSPS) is 26.6. The Labute approximate surface area is 261 Å². The van der Waals surface area contributed by atoms with Gasteiger partial charge in [0, 0.05) is 67.6 Å². The number of aromatic nitrogens is 4. The van der Waals surface area contributed by atoms with Gasteiger partial charge in [-0.05, 0) is 51.2 Å². The maximum absolute atomic E-state index is 15.3. The molecule has 0 spiro atoms. The first-order valence-corrected chi connectivity index (χ1v) is 15.4. The molecule has 7 rings (SSSR count). The number of anilines is 1. The molecule has 13 heteroatoms. The van der Waals surface area contributed by atoms with Crippen molar-refractivity contribution in [3.8, 4) is 17.2 Å². The Balaban J connectivity index is 0.969. The fourth-order valence-corrected chi connectivity index (χ4v) is 7.39. The number of carbonyl (C=O) groups is 2. The van der Waals surface area contributed by atoms with Crippen LogP contribution in [-0.4, -0.2) is 112 Å². The fraction of sp³-hybridized carbons (Fsp3) is 0.500. The minimum atomic E-state index is -0.722. The van der Waals surface area contributed by atoms with Gasteiger partial charge in [-0.3, -0.25) is 19.6 Å². The van der Waals surface area contributed by atoms with Crippen LogP contribution in [0.2, 0.25) is 0 Å². The number of fused-ring (bicyclic) bond motifs is 1. The zero-order valence-electron chi connectivity index (χ0n) is 25.4. The quantitative estimate of drug-likeness (QED) is 0.377. The van der Waals surface area contributed by atoms with Crippen molar-refractivity contribution < 1.29 is 18.7 Å². The van der Waals surface area contributed by atoms with Crippen LogP contribution in [0, 0.1) is 29.0 Å². The summed E-state index contributed by atoms with van der Waals surface area (Å²) in [5.41, 5.74) is 1.26. The number of halogens is 1. The first-order chi connectivity index (χ1) is 21.8. The Hall–Kier alpha value is -4.41. The molecule has 3 aliphatic heterocycles. The molecule has 45 heavy (non-hydrogen) atoms. The van der Waals surface area contributed by atoms with E-state index in [0.717, 1.165) is 25.9 Å². The van der Waals surface area contributed by atoms with E-state index in [9.17, 15) is 14.9 Å². The van der Waals surface area contributed by atoms with E-state index in [1.54, 1.807) is 47.5 Å². The number of rotatable bonds is 8. The molecule has 1 saturated carbocycles. The number of likely N-dealkylation sites (tertiary alicyclic amines) is 2. The first-order valence-electron chi connectivity index (χ1n) is 15.4. The highest BCUT2D eigenvalue weighted by Gasteiger charge is 2.71. The highest BCUT2D eigenvalue weighted by molar-refractivity contribution is 5.90. The van der Waals surface area contributed by atoms with E-state index < -0.39 is 23.4 Å². The summed E-state index contributed by atoms with van der Waals surface area (Å²) in [6, 6.07) is 11.3. The van der Waals surface area contributed by atoms with E-state index >= 15 is 4.39 Å². The largest absolute Gasteiger partial charge is 0.442 e. The van der Waals surface area contributed by atoms with Gasteiger partial charge >= 0.3 is 6.09 Å². The Morgan fingerprint density at radius 1 is 1.16 bits per heavy atom.